The number of esters is 1. The second-order valence-corrected chi connectivity index (χ2v) is 6.40. The summed E-state index contributed by atoms with van der Waals surface area (Å²) < 4.78 is 4.90. The number of ether oxygens (including phenoxy) is 1. The van der Waals surface area contributed by atoms with Crippen molar-refractivity contribution in [1.29, 1.82) is 0 Å². The zero-order valence-corrected chi connectivity index (χ0v) is 11.1. The molecule has 4 aliphatic carbocycles. The van der Waals surface area contributed by atoms with Crippen LogP contribution in [-0.4, -0.2) is 18.4 Å². The van der Waals surface area contributed by atoms with Gasteiger partial charge >= 0.3 is 5.97 Å². The van der Waals surface area contributed by atoms with Gasteiger partial charge < -0.3 is 4.74 Å². The summed E-state index contributed by atoms with van der Waals surface area (Å²) in [5.74, 6) is 2.88. The van der Waals surface area contributed by atoms with Gasteiger partial charge in [-0.05, 0) is 62.7 Å². The molecule has 18 heavy (non-hydrogen) atoms. The van der Waals surface area contributed by atoms with Crippen molar-refractivity contribution >= 4 is 11.8 Å². The summed E-state index contributed by atoms with van der Waals surface area (Å²) in [6.07, 6.45) is 6.31. The lowest BCUT2D eigenvalue weighted by Crippen LogP contribution is -2.48. The third-order valence-corrected chi connectivity index (χ3v) is 5.22. The van der Waals surface area contributed by atoms with Crippen molar-refractivity contribution in [3.05, 3.63) is 0 Å². The van der Waals surface area contributed by atoms with Crippen molar-refractivity contribution < 1.29 is 14.3 Å². The first-order valence-electron chi connectivity index (χ1n) is 7.35. The molecule has 0 N–H and O–H groups in total. The van der Waals surface area contributed by atoms with Crippen LogP contribution in [0.15, 0.2) is 0 Å². The maximum Gasteiger partial charge on any atom is 0.313 e. The van der Waals surface area contributed by atoms with Crippen LogP contribution in [0.25, 0.3) is 0 Å². The van der Waals surface area contributed by atoms with E-state index in [9.17, 15) is 9.59 Å². The van der Waals surface area contributed by atoms with Crippen LogP contribution in [0.2, 0.25) is 0 Å². The van der Waals surface area contributed by atoms with Gasteiger partial charge in [0.1, 0.15) is 12.2 Å². The standard InChI is InChI=1S/C15H22O3/c1-2-18-14(17)8-13(16)15-11-4-9-3-10(6-11)7-12(15)5-9/h9-12,15H,2-8H2,1H3. The van der Waals surface area contributed by atoms with Crippen molar-refractivity contribution in [3.63, 3.8) is 0 Å². The SMILES string of the molecule is CCOC(=O)CC(=O)C1C2CC3CC(C2)CC1C3. The van der Waals surface area contributed by atoms with Gasteiger partial charge in [-0.2, -0.15) is 0 Å². The van der Waals surface area contributed by atoms with Gasteiger partial charge in [0, 0.05) is 5.92 Å². The fraction of sp³-hybridized carbons (Fsp3) is 0.867. The van der Waals surface area contributed by atoms with Gasteiger partial charge in [0.2, 0.25) is 0 Å². The largest absolute Gasteiger partial charge is 0.466 e. The number of Topliss-reactive ketones (excluding diaryl/α,β-unsaturated/α-hetero) is 1. The lowest BCUT2D eigenvalue weighted by atomic mass is 9.51. The predicted octanol–water partition coefficient (Wildman–Crippen LogP) is 2.58. The van der Waals surface area contributed by atoms with Crippen LogP contribution in [-0.2, 0) is 14.3 Å². The normalized spacial score (nSPS) is 40.8. The van der Waals surface area contributed by atoms with Crippen molar-refractivity contribution in [2.45, 2.75) is 45.4 Å². The number of hydrogen-bond acceptors (Lipinski definition) is 3. The van der Waals surface area contributed by atoms with Crippen molar-refractivity contribution in [3.8, 4) is 0 Å². The Morgan fingerprint density at radius 1 is 1.00 bits per heavy atom. The highest BCUT2D eigenvalue weighted by molar-refractivity contribution is 5.97. The van der Waals surface area contributed by atoms with Crippen LogP contribution >= 0.6 is 0 Å². The van der Waals surface area contributed by atoms with Crippen LogP contribution in [0, 0.1) is 29.6 Å². The minimum Gasteiger partial charge on any atom is -0.466 e. The van der Waals surface area contributed by atoms with Gasteiger partial charge in [0.05, 0.1) is 6.61 Å². The minimum absolute atomic E-state index is 0.000833. The fourth-order valence-corrected chi connectivity index (χ4v) is 4.92. The van der Waals surface area contributed by atoms with Gasteiger partial charge in [-0.3, -0.25) is 9.59 Å². The number of ketones is 1. The van der Waals surface area contributed by atoms with Gasteiger partial charge in [-0.15, -0.1) is 0 Å². The highest BCUT2D eigenvalue weighted by Gasteiger charge is 2.50. The molecule has 0 unspecified atom stereocenters. The summed E-state index contributed by atoms with van der Waals surface area (Å²) in [6, 6.07) is 0. The Morgan fingerprint density at radius 3 is 2.06 bits per heavy atom. The van der Waals surface area contributed by atoms with Crippen LogP contribution < -0.4 is 0 Å². The molecule has 0 aliphatic heterocycles. The number of carbonyl (C=O) groups excluding carboxylic acids is 2. The molecule has 0 aromatic carbocycles. The Morgan fingerprint density at radius 2 is 1.56 bits per heavy atom. The average molecular weight is 250 g/mol. The van der Waals surface area contributed by atoms with Crippen molar-refractivity contribution in [2.75, 3.05) is 6.61 Å². The average Bonchev–Trinajstić information content (AvgIpc) is 2.27. The van der Waals surface area contributed by atoms with E-state index in [1.165, 1.54) is 32.1 Å². The molecule has 0 radical (unpaired) electrons. The Balaban J connectivity index is 1.65. The molecule has 100 valence electrons. The molecular weight excluding hydrogens is 228 g/mol. The van der Waals surface area contributed by atoms with Crippen LogP contribution in [0.3, 0.4) is 0 Å². The molecule has 4 aliphatic rings. The third-order valence-electron chi connectivity index (χ3n) is 5.22. The Bertz CT molecular complexity index is 333. The molecule has 0 amide bonds. The van der Waals surface area contributed by atoms with Gasteiger partial charge in [0.15, 0.2) is 0 Å². The summed E-state index contributed by atoms with van der Waals surface area (Å²) >= 11 is 0. The second kappa shape index (κ2) is 4.67. The van der Waals surface area contributed by atoms with Crippen LogP contribution in [0.4, 0.5) is 0 Å². The second-order valence-electron chi connectivity index (χ2n) is 6.40. The summed E-state index contributed by atoms with van der Waals surface area (Å²) in [7, 11) is 0. The van der Waals surface area contributed by atoms with E-state index in [0.717, 1.165) is 11.8 Å². The number of rotatable bonds is 4. The minimum atomic E-state index is -0.337. The van der Waals surface area contributed by atoms with E-state index in [2.05, 4.69) is 0 Å². The van der Waals surface area contributed by atoms with Crippen LogP contribution in [0.1, 0.15) is 45.4 Å². The number of carbonyl (C=O) groups is 2. The van der Waals surface area contributed by atoms with Gasteiger partial charge in [-0.1, -0.05) is 0 Å². The molecule has 0 atom stereocenters. The van der Waals surface area contributed by atoms with E-state index in [4.69, 9.17) is 4.74 Å². The smallest absolute Gasteiger partial charge is 0.313 e. The lowest BCUT2D eigenvalue weighted by Gasteiger charge is -2.53. The van der Waals surface area contributed by atoms with E-state index in [1.807, 2.05) is 0 Å². The van der Waals surface area contributed by atoms with Crippen molar-refractivity contribution in [1.82, 2.24) is 0 Å². The molecule has 0 heterocycles. The molecular formula is C15H22O3. The quantitative estimate of drug-likeness (QED) is 0.569. The Hall–Kier alpha value is -0.860. The van der Waals surface area contributed by atoms with Gasteiger partial charge in [0.25, 0.3) is 0 Å². The van der Waals surface area contributed by atoms with E-state index in [1.54, 1.807) is 6.92 Å². The molecule has 0 spiro atoms. The summed E-state index contributed by atoms with van der Waals surface area (Å²) in [6.45, 7) is 2.15. The van der Waals surface area contributed by atoms with E-state index in [-0.39, 0.29) is 24.1 Å². The highest BCUT2D eigenvalue weighted by Crippen LogP contribution is 2.56. The molecule has 4 bridgehead atoms. The third kappa shape index (κ3) is 2.08. The number of hydrogen-bond donors (Lipinski definition) is 0. The fourth-order valence-electron chi connectivity index (χ4n) is 4.92. The van der Waals surface area contributed by atoms with E-state index >= 15 is 0 Å². The predicted molar refractivity (Wildman–Crippen MR) is 66.8 cm³/mol. The molecule has 0 aromatic rings. The molecule has 3 heteroatoms. The summed E-state index contributed by atoms with van der Waals surface area (Å²) in [4.78, 5) is 23.8. The van der Waals surface area contributed by atoms with Crippen molar-refractivity contribution in [2.24, 2.45) is 29.6 Å². The summed E-state index contributed by atoms with van der Waals surface area (Å²) in [5.41, 5.74) is 0. The zero-order chi connectivity index (χ0) is 12.7. The first kappa shape index (κ1) is 12.2. The van der Waals surface area contributed by atoms with E-state index < -0.39 is 0 Å². The lowest BCUT2D eigenvalue weighted by molar-refractivity contribution is -0.149. The maximum atomic E-state index is 12.3. The molecule has 4 rings (SSSR count). The summed E-state index contributed by atoms with van der Waals surface area (Å²) in [5, 5.41) is 0. The van der Waals surface area contributed by atoms with Crippen LogP contribution in [0.5, 0.6) is 0 Å². The topological polar surface area (TPSA) is 43.4 Å². The first-order valence-corrected chi connectivity index (χ1v) is 7.35. The van der Waals surface area contributed by atoms with E-state index in [0.29, 0.717) is 18.4 Å². The van der Waals surface area contributed by atoms with Gasteiger partial charge in [-0.25, -0.2) is 0 Å². The molecule has 4 saturated carbocycles. The Kier molecular flexibility index (Phi) is 3.16. The molecule has 0 saturated heterocycles. The maximum absolute atomic E-state index is 12.3. The Labute approximate surface area is 108 Å². The molecule has 3 nitrogen and oxygen atoms in total. The zero-order valence-electron chi connectivity index (χ0n) is 11.1. The molecule has 4 fully saturated rings. The highest BCUT2D eigenvalue weighted by atomic mass is 16.5. The first-order chi connectivity index (χ1) is 8.67. The monoisotopic (exact) mass is 250 g/mol. The molecule has 0 aromatic heterocycles.